The van der Waals surface area contributed by atoms with E-state index >= 15 is 0 Å². The Hall–Kier alpha value is -1.26. The molecule has 0 aromatic heterocycles. The van der Waals surface area contributed by atoms with E-state index < -0.39 is 17.4 Å². The summed E-state index contributed by atoms with van der Waals surface area (Å²) in [5, 5.41) is 0.438. The van der Waals surface area contributed by atoms with Crippen LogP contribution in [0.2, 0.25) is 10.0 Å². The van der Waals surface area contributed by atoms with Crippen molar-refractivity contribution >= 4 is 35.1 Å². The highest BCUT2D eigenvalue weighted by Gasteiger charge is 2.46. The van der Waals surface area contributed by atoms with E-state index in [1.807, 2.05) is 0 Å². The first-order valence-electron chi connectivity index (χ1n) is 12.3. The van der Waals surface area contributed by atoms with Crippen LogP contribution in [0.15, 0.2) is 18.2 Å². The van der Waals surface area contributed by atoms with Crippen molar-refractivity contribution in [2.24, 2.45) is 5.41 Å². The standard InChI is InChI=1S/C26H40Cl2O4/c1-4-7-8-9-10-11-12-13-14-15-16-20-31-24(29)26(5-2,6-3)25(30)32-22-19-17-18-21(27)23(22)28/h17-19H,4-16,20H2,1-3H3. The van der Waals surface area contributed by atoms with Crippen LogP contribution in [0, 0.1) is 5.41 Å². The Kier molecular flexibility index (Phi) is 14.7. The summed E-state index contributed by atoms with van der Waals surface area (Å²) in [5.41, 5.74) is -1.34. The van der Waals surface area contributed by atoms with Crippen LogP contribution in [0.3, 0.4) is 0 Å². The lowest BCUT2D eigenvalue weighted by atomic mass is 9.82. The average molecular weight is 488 g/mol. The van der Waals surface area contributed by atoms with Gasteiger partial charge in [-0.2, -0.15) is 0 Å². The maximum atomic E-state index is 12.9. The molecular weight excluding hydrogens is 447 g/mol. The lowest BCUT2D eigenvalue weighted by Gasteiger charge is -2.27. The number of benzene rings is 1. The van der Waals surface area contributed by atoms with Crippen LogP contribution < -0.4 is 4.74 Å². The molecule has 0 spiro atoms. The summed E-state index contributed by atoms with van der Waals surface area (Å²) < 4.78 is 10.9. The molecular formula is C26H40Cl2O4. The minimum Gasteiger partial charge on any atom is -0.465 e. The lowest BCUT2D eigenvalue weighted by molar-refractivity contribution is -0.168. The molecule has 182 valence electrons. The Balaban J connectivity index is 2.38. The monoisotopic (exact) mass is 486 g/mol. The molecule has 0 unspecified atom stereocenters. The summed E-state index contributed by atoms with van der Waals surface area (Å²) in [6.45, 7) is 6.13. The van der Waals surface area contributed by atoms with Crippen LogP contribution in [0.1, 0.15) is 104 Å². The molecule has 4 nitrogen and oxygen atoms in total. The highest BCUT2D eigenvalue weighted by molar-refractivity contribution is 6.43. The largest absolute Gasteiger partial charge is 0.465 e. The fourth-order valence-corrected chi connectivity index (χ4v) is 4.07. The summed E-state index contributed by atoms with van der Waals surface area (Å²) in [4.78, 5) is 25.7. The molecule has 0 aliphatic rings. The number of halogens is 2. The highest BCUT2D eigenvalue weighted by Crippen LogP contribution is 2.35. The van der Waals surface area contributed by atoms with Crippen LogP contribution in [0.25, 0.3) is 0 Å². The van der Waals surface area contributed by atoms with Gasteiger partial charge in [-0.3, -0.25) is 9.59 Å². The molecule has 0 saturated heterocycles. The first kappa shape index (κ1) is 28.8. The van der Waals surface area contributed by atoms with E-state index in [0.29, 0.717) is 6.61 Å². The molecule has 0 N–H and O–H groups in total. The second-order valence-electron chi connectivity index (χ2n) is 8.40. The smallest absolute Gasteiger partial charge is 0.328 e. The minimum atomic E-state index is -1.34. The van der Waals surface area contributed by atoms with Gasteiger partial charge in [0.25, 0.3) is 0 Å². The minimum absolute atomic E-state index is 0.147. The number of hydrogen-bond donors (Lipinski definition) is 0. The van der Waals surface area contributed by atoms with E-state index in [4.69, 9.17) is 32.7 Å². The fraction of sp³-hybridized carbons (Fsp3) is 0.692. The van der Waals surface area contributed by atoms with Crippen molar-refractivity contribution < 1.29 is 19.1 Å². The predicted molar refractivity (Wildman–Crippen MR) is 133 cm³/mol. The van der Waals surface area contributed by atoms with Crippen LogP contribution in [-0.4, -0.2) is 18.5 Å². The first-order chi connectivity index (χ1) is 15.4. The summed E-state index contributed by atoms with van der Waals surface area (Å²) >= 11 is 12.1. The topological polar surface area (TPSA) is 52.6 Å². The SMILES string of the molecule is CCCCCCCCCCCCCOC(=O)C(CC)(CC)C(=O)Oc1cccc(Cl)c1Cl. The molecule has 0 radical (unpaired) electrons. The third-order valence-corrected chi connectivity index (χ3v) is 6.89. The van der Waals surface area contributed by atoms with E-state index in [2.05, 4.69) is 6.92 Å². The molecule has 1 aromatic rings. The maximum absolute atomic E-state index is 12.9. The van der Waals surface area contributed by atoms with Gasteiger partial charge in [0, 0.05) is 0 Å². The van der Waals surface area contributed by atoms with Crippen LogP contribution >= 0.6 is 23.2 Å². The molecule has 6 heteroatoms. The van der Waals surface area contributed by atoms with Crippen LogP contribution in [0.5, 0.6) is 5.75 Å². The van der Waals surface area contributed by atoms with Crippen molar-refractivity contribution in [2.45, 2.75) is 104 Å². The van der Waals surface area contributed by atoms with Gasteiger partial charge in [-0.25, -0.2) is 0 Å². The van der Waals surface area contributed by atoms with Gasteiger partial charge in [-0.05, 0) is 31.4 Å². The van der Waals surface area contributed by atoms with Gasteiger partial charge >= 0.3 is 11.9 Å². The molecule has 0 saturated carbocycles. The zero-order valence-electron chi connectivity index (χ0n) is 20.0. The molecule has 0 fully saturated rings. The molecule has 0 heterocycles. The van der Waals surface area contributed by atoms with E-state index in [1.54, 1.807) is 32.0 Å². The Bertz CT molecular complexity index is 686. The van der Waals surface area contributed by atoms with Crippen molar-refractivity contribution in [3.05, 3.63) is 28.2 Å². The Morgan fingerprint density at radius 1 is 0.781 bits per heavy atom. The number of carbonyl (C=O) groups is 2. The summed E-state index contributed by atoms with van der Waals surface area (Å²) in [5.74, 6) is -1.04. The van der Waals surface area contributed by atoms with Gasteiger partial charge in [0.05, 0.1) is 11.6 Å². The molecule has 0 bridgehead atoms. The number of esters is 2. The number of carbonyl (C=O) groups excluding carboxylic acids is 2. The summed E-state index contributed by atoms with van der Waals surface area (Å²) in [7, 11) is 0. The molecule has 0 atom stereocenters. The summed E-state index contributed by atoms with van der Waals surface area (Å²) in [6.07, 6.45) is 14.1. The molecule has 0 aliphatic carbocycles. The quantitative estimate of drug-likeness (QED) is 0.0956. The normalized spacial score (nSPS) is 11.4. The zero-order valence-corrected chi connectivity index (χ0v) is 21.5. The highest BCUT2D eigenvalue weighted by atomic mass is 35.5. The predicted octanol–water partition coefficient (Wildman–Crippen LogP) is 8.56. The van der Waals surface area contributed by atoms with Gasteiger partial charge in [0.1, 0.15) is 5.02 Å². The maximum Gasteiger partial charge on any atom is 0.328 e. The Morgan fingerprint density at radius 2 is 1.31 bits per heavy atom. The van der Waals surface area contributed by atoms with Crippen molar-refractivity contribution in [1.82, 2.24) is 0 Å². The molecule has 1 rings (SSSR count). The van der Waals surface area contributed by atoms with Gasteiger partial charge in [0.15, 0.2) is 11.2 Å². The van der Waals surface area contributed by atoms with Crippen LogP contribution in [-0.2, 0) is 14.3 Å². The zero-order chi connectivity index (χ0) is 23.8. The van der Waals surface area contributed by atoms with E-state index in [-0.39, 0.29) is 28.6 Å². The molecule has 32 heavy (non-hydrogen) atoms. The second kappa shape index (κ2) is 16.4. The van der Waals surface area contributed by atoms with Crippen molar-refractivity contribution in [2.75, 3.05) is 6.61 Å². The first-order valence-corrected chi connectivity index (χ1v) is 13.0. The summed E-state index contributed by atoms with van der Waals surface area (Å²) in [6, 6.07) is 4.80. The second-order valence-corrected chi connectivity index (χ2v) is 9.19. The molecule has 1 aromatic carbocycles. The number of unbranched alkanes of at least 4 members (excludes halogenated alkanes) is 10. The fourth-order valence-electron chi connectivity index (χ4n) is 3.74. The molecule has 0 amide bonds. The Morgan fingerprint density at radius 3 is 1.84 bits per heavy atom. The van der Waals surface area contributed by atoms with E-state index in [9.17, 15) is 9.59 Å². The van der Waals surface area contributed by atoms with Gasteiger partial charge < -0.3 is 9.47 Å². The third kappa shape index (κ3) is 9.31. The lowest BCUT2D eigenvalue weighted by Crippen LogP contribution is -2.42. The van der Waals surface area contributed by atoms with E-state index in [1.165, 1.54) is 51.4 Å². The third-order valence-electron chi connectivity index (χ3n) is 6.09. The number of hydrogen-bond acceptors (Lipinski definition) is 4. The average Bonchev–Trinajstić information content (AvgIpc) is 2.79. The van der Waals surface area contributed by atoms with Gasteiger partial charge in [-0.1, -0.05) is 114 Å². The van der Waals surface area contributed by atoms with Crippen molar-refractivity contribution in [1.29, 1.82) is 0 Å². The number of rotatable bonds is 17. The number of ether oxygens (including phenoxy) is 2. The Labute approximate surface area is 204 Å². The van der Waals surface area contributed by atoms with Gasteiger partial charge in [0.2, 0.25) is 0 Å². The van der Waals surface area contributed by atoms with Crippen molar-refractivity contribution in [3.8, 4) is 5.75 Å². The molecule has 0 aliphatic heterocycles. The van der Waals surface area contributed by atoms with E-state index in [0.717, 1.165) is 19.3 Å². The van der Waals surface area contributed by atoms with Gasteiger partial charge in [-0.15, -0.1) is 0 Å². The van der Waals surface area contributed by atoms with Crippen LogP contribution in [0.4, 0.5) is 0 Å². The van der Waals surface area contributed by atoms with Crippen molar-refractivity contribution in [3.63, 3.8) is 0 Å².